The molecular formula is C26H38N5O4S+. The van der Waals surface area contributed by atoms with Crippen molar-refractivity contribution >= 4 is 21.7 Å². The number of hydrogen-bond acceptors (Lipinski definition) is 7. The second kappa shape index (κ2) is 11.4. The molecule has 0 amide bonds. The Morgan fingerprint density at radius 1 is 1.08 bits per heavy atom. The number of anilines is 1. The number of sulfonamides is 1. The van der Waals surface area contributed by atoms with Crippen LogP contribution in [0.25, 0.3) is 0 Å². The van der Waals surface area contributed by atoms with Crippen molar-refractivity contribution in [1.29, 1.82) is 0 Å². The number of aromatic nitrogens is 2. The predicted molar refractivity (Wildman–Crippen MR) is 138 cm³/mol. The highest BCUT2D eigenvalue weighted by Crippen LogP contribution is 2.27. The van der Waals surface area contributed by atoms with Gasteiger partial charge in [0.25, 0.3) is 0 Å². The van der Waals surface area contributed by atoms with E-state index in [1.54, 1.807) is 0 Å². The molecule has 2 saturated heterocycles. The van der Waals surface area contributed by atoms with E-state index >= 15 is 0 Å². The van der Waals surface area contributed by atoms with Gasteiger partial charge >= 0.3 is 0 Å². The summed E-state index contributed by atoms with van der Waals surface area (Å²) in [5, 5.41) is 0. The summed E-state index contributed by atoms with van der Waals surface area (Å²) in [7, 11) is -3.15. The van der Waals surface area contributed by atoms with Gasteiger partial charge in [-0.05, 0) is 61.3 Å². The molecule has 2 aromatic rings. The molecule has 0 saturated carbocycles. The monoisotopic (exact) mass is 516 g/mol. The minimum atomic E-state index is -3.15. The molecule has 1 aromatic heterocycles. The molecule has 9 nitrogen and oxygen atoms in total. The van der Waals surface area contributed by atoms with Crippen molar-refractivity contribution in [2.75, 3.05) is 63.7 Å². The van der Waals surface area contributed by atoms with Crippen LogP contribution < -0.4 is 14.5 Å². The van der Waals surface area contributed by atoms with E-state index in [9.17, 15) is 8.42 Å². The van der Waals surface area contributed by atoms with Gasteiger partial charge in [0.05, 0.1) is 38.5 Å². The van der Waals surface area contributed by atoms with Crippen molar-refractivity contribution < 1.29 is 22.8 Å². The van der Waals surface area contributed by atoms with Gasteiger partial charge in [0, 0.05) is 26.2 Å². The van der Waals surface area contributed by atoms with Crippen LogP contribution in [0.2, 0.25) is 0 Å². The Bertz CT molecular complexity index is 1110. The van der Waals surface area contributed by atoms with Gasteiger partial charge in [0.15, 0.2) is 5.69 Å². The average Bonchev–Trinajstić information content (AvgIpc) is 2.91. The number of piperidine rings is 1. The van der Waals surface area contributed by atoms with E-state index in [-0.39, 0.29) is 0 Å². The number of hydrogen-bond donors (Lipinski definition) is 1. The standard InChI is InChI=1S/C26H37N5O4S/c1-36(32,33)31-11-8-22-17-25(5-4-23(22)20-31)35-14-2-3-21-6-9-30(10-7-21)26-27-18-24(19-28-26)29-12-15-34-16-13-29/h4-5,17-19,21H,2-3,6-16,20H2,1H3/p+1. The van der Waals surface area contributed by atoms with Crippen LogP contribution in [0.5, 0.6) is 5.75 Å². The van der Waals surface area contributed by atoms with Crippen molar-refractivity contribution in [3.63, 3.8) is 0 Å². The molecule has 196 valence electrons. The Morgan fingerprint density at radius 3 is 2.56 bits per heavy atom. The van der Waals surface area contributed by atoms with Crippen LogP contribution in [-0.2, 0) is 27.7 Å². The van der Waals surface area contributed by atoms with Gasteiger partial charge < -0.3 is 14.4 Å². The molecule has 0 aliphatic carbocycles. The SMILES string of the molecule is CS(=O)(=O)N1CCc2cc(OCCCC3CCN(c4ncc([NH+]5CCOCC5)cn4)CC3)ccc2C1. The highest BCUT2D eigenvalue weighted by molar-refractivity contribution is 7.88. The van der Waals surface area contributed by atoms with Gasteiger partial charge in [0.2, 0.25) is 16.0 Å². The van der Waals surface area contributed by atoms with E-state index in [4.69, 9.17) is 9.47 Å². The molecule has 3 aliphatic heterocycles. The highest BCUT2D eigenvalue weighted by atomic mass is 32.2. The number of benzene rings is 1. The van der Waals surface area contributed by atoms with E-state index in [0.29, 0.717) is 25.6 Å². The molecule has 4 heterocycles. The van der Waals surface area contributed by atoms with Crippen molar-refractivity contribution in [3.05, 3.63) is 41.7 Å². The molecule has 1 aromatic carbocycles. The molecule has 5 rings (SSSR count). The first kappa shape index (κ1) is 25.4. The third kappa shape index (κ3) is 6.34. The molecule has 10 heteroatoms. The maximum atomic E-state index is 11.8. The molecule has 0 bridgehead atoms. The molecule has 0 atom stereocenters. The molecule has 3 aliphatic rings. The number of nitrogens with one attached hydrogen (secondary N) is 1. The number of fused-ring (bicyclic) bond motifs is 1. The zero-order chi connectivity index (χ0) is 25.0. The molecular weight excluding hydrogens is 478 g/mol. The van der Waals surface area contributed by atoms with Crippen LogP contribution in [0.15, 0.2) is 30.6 Å². The number of ether oxygens (including phenoxy) is 2. The lowest BCUT2D eigenvalue weighted by molar-refractivity contribution is -0.842. The Balaban J connectivity index is 1.02. The smallest absolute Gasteiger partial charge is 0.225 e. The van der Waals surface area contributed by atoms with Crippen molar-refractivity contribution in [3.8, 4) is 5.75 Å². The minimum absolute atomic E-state index is 0.456. The quantitative estimate of drug-likeness (QED) is 0.531. The zero-order valence-electron chi connectivity index (χ0n) is 21.2. The van der Waals surface area contributed by atoms with Gasteiger partial charge in [-0.2, -0.15) is 4.31 Å². The minimum Gasteiger partial charge on any atom is -0.494 e. The van der Waals surface area contributed by atoms with E-state index in [1.807, 2.05) is 24.5 Å². The lowest BCUT2D eigenvalue weighted by Crippen LogP contribution is -3.09. The summed E-state index contributed by atoms with van der Waals surface area (Å²) < 4.78 is 36.6. The summed E-state index contributed by atoms with van der Waals surface area (Å²) in [5.74, 6) is 2.45. The summed E-state index contributed by atoms with van der Waals surface area (Å²) in [6, 6.07) is 6.06. The van der Waals surface area contributed by atoms with E-state index in [0.717, 1.165) is 88.0 Å². The number of morpholine rings is 1. The molecule has 1 N–H and O–H groups in total. The van der Waals surface area contributed by atoms with Crippen molar-refractivity contribution in [2.24, 2.45) is 5.92 Å². The van der Waals surface area contributed by atoms with Gasteiger partial charge in [-0.3, -0.25) is 4.90 Å². The zero-order valence-corrected chi connectivity index (χ0v) is 22.0. The summed E-state index contributed by atoms with van der Waals surface area (Å²) in [6.07, 6.45) is 10.5. The average molecular weight is 517 g/mol. The largest absolute Gasteiger partial charge is 0.494 e. The van der Waals surface area contributed by atoms with Gasteiger partial charge in [-0.1, -0.05) is 6.07 Å². The summed E-state index contributed by atoms with van der Waals surface area (Å²) in [5.41, 5.74) is 3.43. The molecule has 0 unspecified atom stereocenters. The van der Waals surface area contributed by atoms with Crippen molar-refractivity contribution in [2.45, 2.75) is 38.6 Å². The van der Waals surface area contributed by atoms with Crippen LogP contribution in [0.4, 0.5) is 11.6 Å². The highest BCUT2D eigenvalue weighted by Gasteiger charge is 2.24. The normalized spacial score (nSPS) is 20.3. The van der Waals surface area contributed by atoms with Gasteiger partial charge in [-0.25, -0.2) is 18.4 Å². The summed E-state index contributed by atoms with van der Waals surface area (Å²) in [6.45, 7) is 7.28. The number of nitrogens with zero attached hydrogens (tertiary/aromatic N) is 4. The summed E-state index contributed by atoms with van der Waals surface area (Å²) >= 11 is 0. The van der Waals surface area contributed by atoms with Crippen LogP contribution in [0.3, 0.4) is 0 Å². The van der Waals surface area contributed by atoms with Crippen LogP contribution in [-0.4, -0.2) is 81.5 Å². The Hall–Kier alpha value is -2.27. The van der Waals surface area contributed by atoms with Crippen LogP contribution >= 0.6 is 0 Å². The van der Waals surface area contributed by atoms with Crippen LogP contribution in [0, 0.1) is 5.92 Å². The predicted octanol–water partition coefficient (Wildman–Crippen LogP) is 1.42. The number of rotatable bonds is 8. The first-order valence-electron chi connectivity index (χ1n) is 13.2. The fourth-order valence-corrected chi connectivity index (χ4v) is 6.23. The third-order valence-corrected chi connectivity index (χ3v) is 8.94. The molecule has 0 spiro atoms. The fraction of sp³-hybridized carbons (Fsp3) is 0.615. The maximum absolute atomic E-state index is 11.8. The Labute approximate surface area is 214 Å². The lowest BCUT2D eigenvalue weighted by Gasteiger charge is -2.32. The van der Waals surface area contributed by atoms with E-state index in [1.165, 1.54) is 27.4 Å². The Morgan fingerprint density at radius 2 is 1.83 bits per heavy atom. The van der Waals surface area contributed by atoms with Crippen LogP contribution in [0.1, 0.15) is 36.8 Å². The Kier molecular flexibility index (Phi) is 8.05. The van der Waals surface area contributed by atoms with E-state index < -0.39 is 10.0 Å². The second-order valence-corrected chi connectivity index (χ2v) is 12.2. The number of quaternary nitrogens is 1. The summed E-state index contributed by atoms with van der Waals surface area (Å²) in [4.78, 5) is 13.0. The second-order valence-electron chi connectivity index (χ2n) is 10.2. The van der Waals surface area contributed by atoms with Crippen molar-refractivity contribution in [1.82, 2.24) is 14.3 Å². The first-order valence-corrected chi connectivity index (χ1v) is 15.0. The fourth-order valence-electron chi connectivity index (χ4n) is 5.43. The van der Waals surface area contributed by atoms with E-state index in [2.05, 4.69) is 20.9 Å². The topological polar surface area (TPSA) is 89.3 Å². The molecule has 36 heavy (non-hydrogen) atoms. The molecule has 0 radical (unpaired) electrons. The van der Waals surface area contributed by atoms with Gasteiger partial charge in [0.1, 0.15) is 18.8 Å². The lowest BCUT2D eigenvalue weighted by atomic mass is 9.92. The van der Waals surface area contributed by atoms with Gasteiger partial charge in [-0.15, -0.1) is 0 Å². The molecule has 2 fully saturated rings. The third-order valence-electron chi connectivity index (χ3n) is 7.69. The maximum Gasteiger partial charge on any atom is 0.225 e. The first-order chi connectivity index (χ1) is 17.5.